The molecule has 1 aromatic heterocycles. The summed E-state index contributed by atoms with van der Waals surface area (Å²) in [7, 11) is 0. The number of cyclic esters (lactones) is 1. The molecule has 0 radical (unpaired) electrons. The number of carbonyl (C=O) groups is 1. The van der Waals surface area contributed by atoms with Gasteiger partial charge in [-0.15, -0.1) is 11.3 Å². The van der Waals surface area contributed by atoms with E-state index in [1.54, 1.807) is 11.3 Å². The maximum Gasteiger partial charge on any atom is 0.351 e. The predicted molar refractivity (Wildman–Crippen MR) is 63.3 cm³/mol. The van der Waals surface area contributed by atoms with Crippen LogP contribution < -0.4 is 0 Å². The van der Waals surface area contributed by atoms with Gasteiger partial charge in [-0.05, 0) is 49.4 Å². The summed E-state index contributed by atoms with van der Waals surface area (Å²) in [5.74, 6) is 0.184. The van der Waals surface area contributed by atoms with E-state index in [2.05, 4.69) is 31.9 Å². The average molecular weight is 336 g/mol. The van der Waals surface area contributed by atoms with Gasteiger partial charge in [0.25, 0.3) is 0 Å². The van der Waals surface area contributed by atoms with E-state index in [4.69, 9.17) is 4.74 Å². The zero-order valence-corrected chi connectivity index (χ0v) is 10.8. The van der Waals surface area contributed by atoms with Gasteiger partial charge in [0.2, 0.25) is 0 Å². The van der Waals surface area contributed by atoms with E-state index in [0.717, 1.165) is 4.88 Å². The highest BCUT2D eigenvalue weighted by Gasteiger charge is 2.26. The number of rotatable bonds is 1. The molecule has 2 nitrogen and oxygen atoms in total. The third-order valence-corrected chi connectivity index (χ3v) is 4.47. The molecule has 0 aliphatic carbocycles. The molecule has 0 amide bonds. The van der Waals surface area contributed by atoms with Gasteiger partial charge in [-0.25, -0.2) is 4.79 Å². The molecule has 1 aromatic rings. The van der Waals surface area contributed by atoms with E-state index in [1.807, 2.05) is 23.6 Å². The van der Waals surface area contributed by atoms with E-state index in [1.165, 1.54) is 0 Å². The van der Waals surface area contributed by atoms with Crippen molar-refractivity contribution in [1.29, 1.82) is 0 Å². The zero-order chi connectivity index (χ0) is 10.1. The monoisotopic (exact) mass is 334 g/mol. The van der Waals surface area contributed by atoms with Gasteiger partial charge in [-0.3, -0.25) is 0 Å². The molecule has 0 fully saturated rings. The average Bonchev–Trinajstić information content (AvgIpc) is 2.73. The van der Waals surface area contributed by atoms with Crippen molar-refractivity contribution in [3.8, 4) is 0 Å². The smallest absolute Gasteiger partial charge is 0.351 e. The summed E-state index contributed by atoms with van der Waals surface area (Å²) in [5, 5.41) is 1.97. The number of carbonyl (C=O) groups excluding carboxylic acids is 1. The normalized spacial score (nSPS) is 19.3. The molecule has 0 aromatic carbocycles. The molecular weight excluding hydrogens is 332 g/mol. The molecule has 0 N–H and O–H groups in total. The van der Waals surface area contributed by atoms with Crippen molar-refractivity contribution in [3.05, 3.63) is 37.1 Å². The lowest BCUT2D eigenvalue weighted by atomic mass is 10.4. The second-order valence-electron chi connectivity index (χ2n) is 2.54. The number of ether oxygens (including phenoxy) is 1. The number of halogens is 2. The summed E-state index contributed by atoms with van der Waals surface area (Å²) in [6, 6.07) is 3.90. The van der Waals surface area contributed by atoms with Gasteiger partial charge in [0.15, 0.2) is 0 Å². The summed E-state index contributed by atoms with van der Waals surface area (Å²) in [5.41, 5.74) is 0. The Bertz CT molecular complexity index is 432. The van der Waals surface area contributed by atoms with E-state index >= 15 is 0 Å². The topological polar surface area (TPSA) is 26.3 Å². The van der Waals surface area contributed by atoms with Crippen molar-refractivity contribution >= 4 is 55.2 Å². The van der Waals surface area contributed by atoms with Crippen molar-refractivity contribution in [2.24, 2.45) is 0 Å². The fourth-order valence-corrected chi connectivity index (χ4v) is 2.26. The molecule has 0 unspecified atom stereocenters. The van der Waals surface area contributed by atoms with Gasteiger partial charge in [0, 0.05) is 4.88 Å². The van der Waals surface area contributed by atoms with Gasteiger partial charge in [-0.2, -0.15) is 0 Å². The van der Waals surface area contributed by atoms with Crippen LogP contribution in [0, 0.1) is 0 Å². The molecule has 0 saturated heterocycles. The molecule has 2 rings (SSSR count). The molecule has 2 heterocycles. The highest BCUT2D eigenvalue weighted by Crippen LogP contribution is 2.35. The van der Waals surface area contributed by atoms with Crippen molar-refractivity contribution < 1.29 is 9.53 Å². The van der Waals surface area contributed by atoms with Crippen molar-refractivity contribution in [3.63, 3.8) is 0 Å². The van der Waals surface area contributed by atoms with Crippen LogP contribution in [0.15, 0.2) is 32.2 Å². The van der Waals surface area contributed by atoms with Crippen LogP contribution in [0.4, 0.5) is 0 Å². The van der Waals surface area contributed by atoms with Gasteiger partial charge < -0.3 is 4.74 Å². The maximum atomic E-state index is 11.1. The lowest BCUT2D eigenvalue weighted by Gasteiger charge is -1.95. The fraction of sp³-hybridized carbons (Fsp3) is 0. The van der Waals surface area contributed by atoms with Crippen LogP contribution >= 0.6 is 43.2 Å². The van der Waals surface area contributed by atoms with Crippen LogP contribution in [0.25, 0.3) is 6.08 Å². The largest absolute Gasteiger partial charge is 0.421 e. The molecule has 0 atom stereocenters. The zero-order valence-electron chi connectivity index (χ0n) is 6.79. The second-order valence-corrected chi connectivity index (χ2v) is 5.11. The van der Waals surface area contributed by atoms with Crippen molar-refractivity contribution in [1.82, 2.24) is 0 Å². The van der Waals surface area contributed by atoms with E-state index in [0.29, 0.717) is 14.7 Å². The first-order valence-electron chi connectivity index (χ1n) is 3.71. The van der Waals surface area contributed by atoms with Crippen LogP contribution in [0.3, 0.4) is 0 Å². The lowest BCUT2D eigenvalue weighted by Crippen LogP contribution is -1.92. The van der Waals surface area contributed by atoms with Gasteiger partial charge in [0.1, 0.15) is 10.2 Å². The number of esters is 1. The van der Waals surface area contributed by atoms with Crippen LogP contribution in [0.5, 0.6) is 0 Å². The number of hydrogen-bond donors (Lipinski definition) is 0. The Hall–Kier alpha value is -0.390. The predicted octanol–water partition coefficient (Wildman–Crippen LogP) is 3.65. The Labute approximate surface area is 102 Å². The molecule has 0 spiro atoms. The Morgan fingerprint density at radius 2 is 2.14 bits per heavy atom. The third kappa shape index (κ3) is 1.85. The number of thiophene rings is 1. The van der Waals surface area contributed by atoms with Crippen LogP contribution in [-0.2, 0) is 9.53 Å². The van der Waals surface area contributed by atoms with E-state index in [-0.39, 0.29) is 5.97 Å². The Morgan fingerprint density at radius 1 is 1.36 bits per heavy atom. The van der Waals surface area contributed by atoms with Crippen LogP contribution in [0.1, 0.15) is 4.88 Å². The lowest BCUT2D eigenvalue weighted by molar-refractivity contribution is -0.132. The van der Waals surface area contributed by atoms with Crippen LogP contribution in [-0.4, -0.2) is 5.97 Å². The van der Waals surface area contributed by atoms with Gasteiger partial charge in [0.05, 0.1) is 4.48 Å². The fourth-order valence-electron chi connectivity index (χ4n) is 0.983. The number of allylic oxidation sites excluding steroid dienone is 1. The second kappa shape index (κ2) is 4.00. The highest BCUT2D eigenvalue weighted by atomic mass is 79.9. The summed E-state index contributed by atoms with van der Waals surface area (Å²) in [4.78, 5) is 12.2. The van der Waals surface area contributed by atoms with Gasteiger partial charge >= 0.3 is 5.97 Å². The molecule has 0 saturated carbocycles. The van der Waals surface area contributed by atoms with Crippen LogP contribution in [0.2, 0.25) is 0 Å². The van der Waals surface area contributed by atoms with E-state index in [9.17, 15) is 4.79 Å². The Kier molecular flexibility index (Phi) is 2.90. The number of hydrogen-bond acceptors (Lipinski definition) is 3. The molecule has 72 valence electrons. The minimum atomic E-state index is -0.361. The molecular formula is C9H4Br2O2S. The molecule has 0 bridgehead atoms. The molecule has 1 aliphatic heterocycles. The molecule has 1 aliphatic rings. The summed E-state index contributed by atoms with van der Waals surface area (Å²) in [6.07, 6.45) is 1.82. The Balaban J connectivity index is 2.35. The minimum Gasteiger partial charge on any atom is -0.421 e. The molecule has 5 heteroatoms. The first-order chi connectivity index (χ1) is 6.68. The SMILES string of the molecule is O=C1O/C(=C\c2cccs2)C(Br)=C1Br. The third-order valence-electron chi connectivity index (χ3n) is 1.61. The first kappa shape index (κ1) is 10.1. The Morgan fingerprint density at radius 3 is 2.64 bits per heavy atom. The maximum absolute atomic E-state index is 11.1. The van der Waals surface area contributed by atoms with Gasteiger partial charge in [-0.1, -0.05) is 6.07 Å². The van der Waals surface area contributed by atoms with E-state index < -0.39 is 0 Å². The quantitative estimate of drug-likeness (QED) is 0.732. The standard InChI is InChI=1S/C9H4Br2O2S/c10-7-6(13-9(12)8(7)11)4-5-2-1-3-14-5/h1-4H/b6-4-. The first-order valence-corrected chi connectivity index (χ1v) is 6.18. The van der Waals surface area contributed by atoms with Crippen molar-refractivity contribution in [2.75, 3.05) is 0 Å². The van der Waals surface area contributed by atoms with Crippen molar-refractivity contribution in [2.45, 2.75) is 0 Å². The summed E-state index contributed by atoms with van der Waals surface area (Å²) in [6.45, 7) is 0. The minimum absolute atomic E-state index is 0.361. The summed E-state index contributed by atoms with van der Waals surface area (Å²) < 4.78 is 6.11. The summed E-state index contributed by atoms with van der Waals surface area (Å²) >= 11 is 8.00. The molecule has 14 heavy (non-hydrogen) atoms. The highest BCUT2D eigenvalue weighted by molar-refractivity contribution is 9.14.